The molecule has 0 amide bonds. The average molecular weight is 398 g/mol. The molecule has 0 N–H and O–H groups in total. The van der Waals surface area contributed by atoms with E-state index in [1.807, 2.05) is 36.4 Å². The number of hydrogen-bond acceptors (Lipinski definition) is 3. The van der Waals surface area contributed by atoms with Crippen LogP contribution in [0.5, 0.6) is 0 Å². The molecular formula is C15H14Br2N2O. The minimum atomic E-state index is -0.245. The molecule has 2 atom stereocenters. The van der Waals surface area contributed by atoms with Gasteiger partial charge in [0.2, 0.25) is 0 Å². The molecule has 2 aromatic heterocycles. The lowest BCUT2D eigenvalue weighted by Gasteiger charge is -2.13. The van der Waals surface area contributed by atoms with Crippen molar-refractivity contribution in [2.75, 3.05) is 0 Å². The van der Waals surface area contributed by atoms with Crippen molar-refractivity contribution in [2.45, 2.75) is 22.5 Å². The number of alkyl halides is 2. The van der Waals surface area contributed by atoms with E-state index in [2.05, 4.69) is 41.8 Å². The maximum atomic E-state index is 12.3. The number of carbonyl (C=O) groups is 1. The highest BCUT2D eigenvalue weighted by Crippen LogP contribution is 2.17. The van der Waals surface area contributed by atoms with Crippen molar-refractivity contribution in [2.24, 2.45) is 0 Å². The molecule has 0 aliphatic carbocycles. The van der Waals surface area contributed by atoms with Crippen molar-refractivity contribution in [3.63, 3.8) is 0 Å². The van der Waals surface area contributed by atoms with Gasteiger partial charge in [0.05, 0.1) is 9.65 Å². The van der Waals surface area contributed by atoms with Gasteiger partial charge in [-0.05, 0) is 24.3 Å². The van der Waals surface area contributed by atoms with Gasteiger partial charge in [0.15, 0.2) is 5.78 Å². The van der Waals surface area contributed by atoms with Crippen LogP contribution in [0.25, 0.3) is 0 Å². The summed E-state index contributed by atoms with van der Waals surface area (Å²) in [6.45, 7) is 0. The Hall–Kier alpha value is -1.07. The lowest BCUT2D eigenvalue weighted by atomic mass is 10.1. The molecule has 0 saturated heterocycles. The third kappa shape index (κ3) is 4.49. The third-order valence-corrected chi connectivity index (χ3v) is 4.40. The first-order valence-corrected chi connectivity index (χ1v) is 8.11. The molecule has 2 unspecified atom stereocenters. The number of hydrogen-bond donors (Lipinski definition) is 0. The van der Waals surface area contributed by atoms with Gasteiger partial charge in [-0.3, -0.25) is 14.8 Å². The van der Waals surface area contributed by atoms with E-state index in [4.69, 9.17) is 0 Å². The first kappa shape index (κ1) is 15.3. The van der Waals surface area contributed by atoms with E-state index in [0.29, 0.717) is 12.8 Å². The van der Waals surface area contributed by atoms with Crippen LogP contribution < -0.4 is 0 Å². The minimum absolute atomic E-state index is 0.112. The van der Waals surface area contributed by atoms with Crippen LogP contribution in [0.15, 0.2) is 48.8 Å². The van der Waals surface area contributed by atoms with Crippen molar-refractivity contribution in [3.8, 4) is 0 Å². The van der Waals surface area contributed by atoms with Gasteiger partial charge in [0, 0.05) is 36.6 Å². The molecule has 2 rings (SSSR count). The quantitative estimate of drug-likeness (QED) is 0.702. The first-order chi connectivity index (χ1) is 9.66. The van der Waals surface area contributed by atoms with Crippen LogP contribution in [0.2, 0.25) is 0 Å². The molecule has 0 spiro atoms. The van der Waals surface area contributed by atoms with Crippen LogP contribution in [-0.4, -0.2) is 25.4 Å². The van der Waals surface area contributed by atoms with Gasteiger partial charge in [-0.2, -0.15) is 0 Å². The standard InChI is InChI=1S/C15H14Br2N2O/c16-13(9-11-5-1-3-7-18-11)15(20)14(17)10-12-6-2-4-8-19-12/h1-8,13-14H,9-10H2. The summed E-state index contributed by atoms with van der Waals surface area (Å²) in [5, 5.41) is 0. The lowest BCUT2D eigenvalue weighted by Crippen LogP contribution is -2.27. The molecule has 0 aliphatic heterocycles. The van der Waals surface area contributed by atoms with Gasteiger partial charge < -0.3 is 0 Å². The molecule has 5 heteroatoms. The van der Waals surface area contributed by atoms with Crippen molar-refractivity contribution >= 4 is 37.6 Å². The number of ketones is 1. The summed E-state index contributed by atoms with van der Waals surface area (Å²) in [5.41, 5.74) is 1.81. The Morgan fingerprint density at radius 3 is 1.70 bits per heavy atom. The lowest BCUT2D eigenvalue weighted by molar-refractivity contribution is -0.117. The van der Waals surface area contributed by atoms with Crippen LogP contribution in [0.4, 0.5) is 0 Å². The molecule has 0 fully saturated rings. The molecule has 20 heavy (non-hydrogen) atoms. The first-order valence-electron chi connectivity index (χ1n) is 6.28. The normalized spacial score (nSPS) is 13.7. The highest BCUT2D eigenvalue weighted by Gasteiger charge is 2.24. The van der Waals surface area contributed by atoms with Gasteiger partial charge in [-0.1, -0.05) is 44.0 Å². The van der Waals surface area contributed by atoms with E-state index in [9.17, 15) is 4.79 Å². The second-order valence-electron chi connectivity index (χ2n) is 4.39. The molecule has 104 valence electrons. The molecule has 2 aromatic rings. The number of Topliss-reactive ketones (excluding diaryl/α,β-unsaturated/α-hetero) is 1. The fraction of sp³-hybridized carbons (Fsp3) is 0.267. The zero-order valence-corrected chi connectivity index (χ0v) is 13.9. The summed E-state index contributed by atoms with van der Waals surface area (Å²) in [5.74, 6) is 0.112. The van der Waals surface area contributed by atoms with E-state index in [1.165, 1.54) is 0 Å². The minimum Gasteiger partial charge on any atom is -0.297 e. The van der Waals surface area contributed by atoms with Gasteiger partial charge in [-0.15, -0.1) is 0 Å². The van der Waals surface area contributed by atoms with E-state index < -0.39 is 0 Å². The largest absolute Gasteiger partial charge is 0.297 e. The van der Waals surface area contributed by atoms with Gasteiger partial charge >= 0.3 is 0 Å². The zero-order valence-electron chi connectivity index (χ0n) is 10.7. The van der Waals surface area contributed by atoms with Crippen LogP contribution in [-0.2, 0) is 17.6 Å². The number of aromatic nitrogens is 2. The summed E-state index contributed by atoms with van der Waals surface area (Å²) in [4.78, 5) is 20.3. The van der Waals surface area contributed by atoms with Crippen LogP contribution >= 0.6 is 31.9 Å². The number of nitrogens with zero attached hydrogens (tertiary/aromatic N) is 2. The number of pyridine rings is 2. The highest BCUT2D eigenvalue weighted by atomic mass is 79.9. The monoisotopic (exact) mass is 396 g/mol. The van der Waals surface area contributed by atoms with Crippen molar-refractivity contribution < 1.29 is 4.79 Å². The summed E-state index contributed by atoms with van der Waals surface area (Å²) in [6, 6.07) is 11.4. The maximum Gasteiger partial charge on any atom is 0.160 e. The Morgan fingerprint density at radius 2 is 1.35 bits per heavy atom. The predicted molar refractivity (Wildman–Crippen MR) is 86.3 cm³/mol. The van der Waals surface area contributed by atoms with Crippen LogP contribution in [0.3, 0.4) is 0 Å². The molecule has 0 bridgehead atoms. The number of halogens is 2. The molecule has 2 heterocycles. The highest BCUT2D eigenvalue weighted by molar-refractivity contribution is 9.10. The van der Waals surface area contributed by atoms with Gasteiger partial charge in [-0.25, -0.2) is 0 Å². The molecule has 0 aromatic carbocycles. The maximum absolute atomic E-state index is 12.3. The predicted octanol–water partition coefficient (Wildman–Crippen LogP) is 3.36. The summed E-state index contributed by atoms with van der Waals surface area (Å²) in [7, 11) is 0. The molecule has 0 aliphatic rings. The molecular weight excluding hydrogens is 384 g/mol. The van der Waals surface area contributed by atoms with E-state index in [1.54, 1.807) is 12.4 Å². The topological polar surface area (TPSA) is 42.9 Å². The fourth-order valence-corrected chi connectivity index (χ4v) is 3.46. The second kappa shape index (κ2) is 7.64. The summed E-state index contributed by atoms with van der Waals surface area (Å²) >= 11 is 6.91. The van der Waals surface area contributed by atoms with Gasteiger partial charge in [0.1, 0.15) is 0 Å². The van der Waals surface area contributed by atoms with Crippen molar-refractivity contribution in [1.29, 1.82) is 0 Å². The Balaban J connectivity index is 1.93. The van der Waals surface area contributed by atoms with E-state index in [-0.39, 0.29) is 15.4 Å². The SMILES string of the molecule is O=C(C(Br)Cc1ccccn1)C(Br)Cc1ccccn1. The van der Waals surface area contributed by atoms with Crippen molar-refractivity contribution in [1.82, 2.24) is 9.97 Å². The second-order valence-corrected chi connectivity index (χ2v) is 6.60. The molecule has 3 nitrogen and oxygen atoms in total. The number of rotatable bonds is 6. The van der Waals surface area contributed by atoms with Crippen LogP contribution in [0, 0.1) is 0 Å². The summed E-state index contributed by atoms with van der Waals surface area (Å²) < 4.78 is 0. The Labute approximate surface area is 135 Å². The molecule has 0 radical (unpaired) electrons. The molecule has 0 saturated carbocycles. The average Bonchev–Trinajstić information content (AvgIpc) is 2.48. The van der Waals surface area contributed by atoms with Gasteiger partial charge in [0.25, 0.3) is 0 Å². The number of carbonyl (C=O) groups excluding carboxylic acids is 1. The Kier molecular flexibility index (Phi) is 5.86. The smallest absolute Gasteiger partial charge is 0.160 e. The fourth-order valence-electron chi connectivity index (χ4n) is 1.80. The third-order valence-electron chi connectivity index (χ3n) is 2.85. The Bertz CT molecular complexity index is 499. The Morgan fingerprint density at radius 1 is 0.900 bits per heavy atom. The zero-order chi connectivity index (χ0) is 14.4. The van der Waals surface area contributed by atoms with Crippen molar-refractivity contribution in [3.05, 3.63) is 60.2 Å². The van der Waals surface area contributed by atoms with Crippen LogP contribution in [0.1, 0.15) is 11.4 Å². The summed E-state index contributed by atoms with van der Waals surface area (Å²) in [6.07, 6.45) is 4.64. The van der Waals surface area contributed by atoms with E-state index >= 15 is 0 Å². The van der Waals surface area contributed by atoms with E-state index in [0.717, 1.165) is 11.4 Å².